The number of amides is 1. The number of esters is 1. The van der Waals surface area contributed by atoms with Crippen LogP contribution in [-0.2, 0) is 19.1 Å². The number of carboxylic acids is 1. The fourth-order valence-corrected chi connectivity index (χ4v) is 3.75. The summed E-state index contributed by atoms with van der Waals surface area (Å²) in [5, 5.41) is 11.2. The van der Waals surface area contributed by atoms with Gasteiger partial charge in [-0.1, -0.05) is 48.5 Å². The molecular formula is C24H28N2O6. The van der Waals surface area contributed by atoms with E-state index in [-0.39, 0.29) is 37.9 Å². The van der Waals surface area contributed by atoms with Gasteiger partial charge < -0.3 is 25.6 Å². The Labute approximate surface area is 186 Å². The lowest BCUT2D eigenvalue weighted by atomic mass is 9.98. The highest BCUT2D eigenvalue weighted by Crippen LogP contribution is 2.44. The second kappa shape index (κ2) is 10.8. The largest absolute Gasteiger partial charge is 0.480 e. The number of nitrogens with two attached hydrogens (primary N) is 1. The SMILES string of the molecule is CC(CCC(=O)OCC1c2ccccc2-c2ccccc21)OC(=O)NCCC(N)C(=O)O. The summed E-state index contributed by atoms with van der Waals surface area (Å²) in [5.41, 5.74) is 10.0. The molecule has 2 aromatic rings. The second-order valence-corrected chi connectivity index (χ2v) is 7.82. The summed E-state index contributed by atoms with van der Waals surface area (Å²) >= 11 is 0. The van der Waals surface area contributed by atoms with E-state index in [1.807, 2.05) is 24.3 Å². The van der Waals surface area contributed by atoms with Crippen LogP contribution in [0, 0.1) is 0 Å². The van der Waals surface area contributed by atoms with Crippen LogP contribution in [-0.4, -0.2) is 48.4 Å². The summed E-state index contributed by atoms with van der Waals surface area (Å²) in [5.74, 6) is -1.48. The number of hydrogen-bond donors (Lipinski definition) is 3. The van der Waals surface area contributed by atoms with Gasteiger partial charge in [-0.2, -0.15) is 0 Å². The van der Waals surface area contributed by atoms with Gasteiger partial charge in [-0.15, -0.1) is 0 Å². The van der Waals surface area contributed by atoms with Crippen LogP contribution in [0.4, 0.5) is 4.79 Å². The average Bonchev–Trinajstić information content (AvgIpc) is 3.10. The highest BCUT2D eigenvalue weighted by atomic mass is 16.6. The Kier molecular flexibility index (Phi) is 7.83. The van der Waals surface area contributed by atoms with Gasteiger partial charge in [0.1, 0.15) is 18.8 Å². The van der Waals surface area contributed by atoms with Crippen molar-refractivity contribution in [2.45, 2.75) is 44.2 Å². The third kappa shape index (κ3) is 5.85. The normalized spacial score (nSPS) is 14.1. The molecule has 0 aliphatic heterocycles. The van der Waals surface area contributed by atoms with Gasteiger partial charge in [-0.25, -0.2) is 4.79 Å². The van der Waals surface area contributed by atoms with Crippen molar-refractivity contribution in [2.75, 3.05) is 13.2 Å². The zero-order chi connectivity index (χ0) is 23.1. The number of fused-ring (bicyclic) bond motifs is 3. The summed E-state index contributed by atoms with van der Waals surface area (Å²) in [6.07, 6.45) is -0.641. The van der Waals surface area contributed by atoms with Crippen molar-refractivity contribution >= 4 is 18.0 Å². The minimum atomic E-state index is -1.13. The zero-order valence-corrected chi connectivity index (χ0v) is 18.0. The van der Waals surface area contributed by atoms with E-state index < -0.39 is 24.2 Å². The fraction of sp³-hybridized carbons (Fsp3) is 0.375. The highest BCUT2D eigenvalue weighted by Gasteiger charge is 2.29. The molecule has 2 aromatic carbocycles. The van der Waals surface area contributed by atoms with Crippen LogP contribution >= 0.6 is 0 Å². The Balaban J connectivity index is 1.41. The minimum absolute atomic E-state index is 0.00275. The van der Waals surface area contributed by atoms with Crippen LogP contribution in [0.15, 0.2) is 48.5 Å². The number of alkyl carbamates (subject to hydrolysis) is 1. The van der Waals surface area contributed by atoms with Crippen molar-refractivity contribution in [1.29, 1.82) is 0 Å². The predicted molar refractivity (Wildman–Crippen MR) is 118 cm³/mol. The standard InChI is InChI=1S/C24H28N2O6/c1-15(32-24(30)26-13-12-21(25)23(28)29)10-11-22(27)31-14-20-18-8-4-2-6-16(18)17-7-3-5-9-19(17)20/h2-9,15,20-21H,10-14,25H2,1H3,(H,26,30)(H,28,29). The fourth-order valence-electron chi connectivity index (χ4n) is 3.75. The summed E-state index contributed by atoms with van der Waals surface area (Å²) < 4.78 is 10.7. The maximum absolute atomic E-state index is 12.3. The van der Waals surface area contributed by atoms with Crippen molar-refractivity contribution < 1.29 is 29.0 Å². The maximum atomic E-state index is 12.3. The molecular weight excluding hydrogens is 412 g/mol. The Morgan fingerprint density at radius 3 is 2.22 bits per heavy atom. The van der Waals surface area contributed by atoms with Crippen molar-refractivity contribution in [3.05, 3.63) is 59.7 Å². The van der Waals surface area contributed by atoms with Gasteiger partial charge in [0.25, 0.3) is 0 Å². The molecule has 170 valence electrons. The van der Waals surface area contributed by atoms with E-state index in [0.29, 0.717) is 6.42 Å². The molecule has 0 saturated heterocycles. The van der Waals surface area contributed by atoms with Crippen LogP contribution in [0.25, 0.3) is 11.1 Å². The van der Waals surface area contributed by atoms with Gasteiger partial charge in [-0.3, -0.25) is 9.59 Å². The molecule has 0 fully saturated rings. The van der Waals surface area contributed by atoms with E-state index in [1.165, 1.54) is 11.1 Å². The molecule has 8 nitrogen and oxygen atoms in total. The Morgan fingerprint density at radius 2 is 1.62 bits per heavy atom. The maximum Gasteiger partial charge on any atom is 0.407 e. The quantitative estimate of drug-likeness (QED) is 0.485. The van der Waals surface area contributed by atoms with Crippen molar-refractivity contribution in [2.24, 2.45) is 5.73 Å². The minimum Gasteiger partial charge on any atom is -0.480 e. The second-order valence-electron chi connectivity index (χ2n) is 7.82. The number of nitrogens with one attached hydrogen (secondary N) is 1. The molecule has 32 heavy (non-hydrogen) atoms. The van der Waals surface area contributed by atoms with Crippen LogP contribution in [0.1, 0.15) is 43.2 Å². The smallest absolute Gasteiger partial charge is 0.407 e. The average molecular weight is 440 g/mol. The lowest BCUT2D eigenvalue weighted by Crippen LogP contribution is -2.36. The van der Waals surface area contributed by atoms with E-state index >= 15 is 0 Å². The number of rotatable bonds is 10. The van der Waals surface area contributed by atoms with E-state index in [9.17, 15) is 14.4 Å². The van der Waals surface area contributed by atoms with Gasteiger partial charge in [0.15, 0.2) is 0 Å². The van der Waals surface area contributed by atoms with Crippen molar-refractivity contribution in [3.63, 3.8) is 0 Å². The first kappa shape index (κ1) is 23.3. The summed E-state index contributed by atoms with van der Waals surface area (Å²) in [7, 11) is 0. The van der Waals surface area contributed by atoms with Gasteiger partial charge in [-0.05, 0) is 42.0 Å². The van der Waals surface area contributed by atoms with E-state index in [2.05, 4.69) is 29.6 Å². The van der Waals surface area contributed by atoms with Gasteiger partial charge in [0, 0.05) is 18.9 Å². The Bertz CT molecular complexity index is 931. The lowest BCUT2D eigenvalue weighted by molar-refractivity contribution is -0.144. The van der Waals surface area contributed by atoms with Gasteiger partial charge in [0.05, 0.1) is 0 Å². The number of hydrogen-bond acceptors (Lipinski definition) is 6. The van der Waals surface area contributed by atoms with Crippen LogP contribution in [0.5, 0.6) is 0 Å². The van der Waals surface area contributed by atoms with Crippen LogP contribution in [0.3, 0.4) is 0 Å². The molecule has 8 heteroatoms. The third-order valence-electron chi connectivity index (χ3n) is 5.48. The lowest BCUT2D eigenvalue weighted by Gasteiger charge is -2.16. The number of carbonyl (C=O) groups is 3. The third-order valence-corrected chi connectivity index (χ3v) is 5.48. The Hall–Kier alpha value is -3.39. The van der Waals surface area contributed by atoms with Gasteiger partial charge >= 0.3 is 18.0 Å². The molecule has 1 aliphatic carbocycles. The first-order valence-corrected chi connectivity index (χ1v) is 10.6. The molecule has 1 aliphatic rings. The number of carboxylic acid groups (broad SMARTS) is 1. The number of ether oxygens (including phenoxy) is 2. The first-order chi connectivity index (χ1) is 15.4. The summed E-state index contributed by atoms with van der Waals surface area (Å²) in [6.45, 7) is 2.02. The number of benzene rings is 2. The topological polar surface area (TPSA) is 128 Å². The molecule has 2 atom stereocenters. The molecule has 0 heterocycles. The van der Waals surface area contributed by atoms with Crippen molar-refractivity contribution in [1.82, 2.24) is 5.32 Å². The van der Waals surface area contributed by atoms with E-state index in [4.69, 9.17) is 20.3 Å². The molecule has 3 rings (SSSR count). The summed E-state index contributed by atoms with van der Waals surface area (Å²) in [4.78, 5) is 34.7. The Morgan fingerprint density at radius 1 is 1.03 bits per heavy atom. The molecule has 0 radical (unpaired) electrons. The molecule has 0 bridgehead atoms. The molecule has 0 aromatic heterocycles. The number of aliphatic carboxylic acids is 1. The molecule has 4 N–H and O–H groups in total. The molecule has 0 spiro atoms. The highest BCUT2D eigenvalue weighted by molar-refractivity contribution is 5.79. The first-order valence-electron chi connectivity index (χ1n) is 10.6. The van der Waals surface area contributed by atoms with E-state index in [0.717, 1.165) is 11.1 Å². The van der Waals surface area contributed by atoms with Crippen LogP contribution in [0.2, 0.25) is 0 Å². The predicted octanol–water partition coefficient (Wildman–Crippen LogP) is 3.04. The molecule has 0 saturated carbocycles. The van der Waals surface area contributed by atoms with E-state index in [1.54, 1.807) is 6.92 Å². The zero-order valence-electron chi connectivity index (χ0n) is 18.0. The van der Waals surface area contributed by atoms with Crippen molar-refractivity contribution in [3.8, 4) is 11.1 Å². The molecule has 2 unspecified atom stereocenters. The van der Waals surface area contributed by atoms with Gasteiger partial charge in [0.2, 0.25) is 0 Å². The monoisotopic (exact) mass is 440 g/mol. The number of carbonyl (C=O) groups excluding carboxylic acids is 2. The van der Waals surface area contributed by atoms with Crippen LogP contribution < -0.4 is 11.1 Å². The summed E-state index contributed by atoms with van der Waals surface area (Å²) in [6, 6.07) is 15.2. The molecule has 1 amide bonds.